The topological polar surface area (TPSA) is 94.8 Å². The van der Waals surface area contributed by atoms with Gasteiger partial charge in [-0.2, -0.15) is 0 Å². The fourth-order valence-electron chi connectivity index (χ4n) is 6.50. The number of aliphatic hydroxyl groups is 1. The molecule has 1 atom stereocenters. The summed E-state index contributed by atoms with van der Waals surface area (Å²) in [6, 6.07) is 9.55. The summed E-state index contributed by atoms with van der Waals surface area (Å²) in [7, 11) is 1.36. The van der Waals surface area contributed by atoms with Gasteiger partial charge in [-0.3, -0.25) is 9.20 Å². The van der Waals surface area contributed by atoms with Crippen LogP contribution in [0.1, 0.15) is 49.5 Å². The predicted molar refractivity (Wildman–Crippen MR) is 169 cm³/mol. The first-order valence-corrected chi connectivity index (χ1v) is 15.6. The van der Waals surface area contributed by atoms with E-state index in [0.717, 1.165) is 47.5 Å². The number of hydrogen-bond donors (Lipinski definition) is 1. The standard InChI is InChI=1S/C35H39F2N3O6/c1-21-25(18-31(42)43-4)34-39-10-8-35(3,9-11-39)46-15-13-44-12-14-45-30-19-28(37)27(36)17-26(30)23-6-5-7-24(16-23)29-20-40(34)33(38-29)32(21)22(2)41/h5-7,16-17,19-20,22,41H,8-15,18H2,1-4H3. The number of imidazole rings is 1. The molecule has 2 aromatic heterocycles. The molecule has 6 bridgehead atoms. The largest absolute Gasteiger partial charge is 0.490 e. The van der Waals surface area contributed by atoms with Crippen LogP contribution in [-0.4, -0.2) is 72.7 Å². The summed E-state index contributed by atoms with van der Waals surface area (Å²) in [5.74, 6) is -1.37. The van der Waals surface area contributed by atoms with Crippen molar-refractivity contribution in [3.05, 3.63) is 70.9 Å². The van der Waals surface area contributed by atoms with Crippen molar-refractivity contribution >= 4 is 17.4 Å². The van der Waals surface area contributed by atoms with E-state index in [1.54, 1.807) is 13.0 Å². The number of fused-ring (bicyclic) bond motifs is 8. The Bertz CT molecular complexity index is 1760. The van der Waals surface area contributed by atoms with Crippen molar-refractivity contribution < 1.29 is 37.6 Å². The maximum Gasteiger partial charge on any atom is 0.310 e. The molecule has 46 heavy (non-hydrogen) atoms. The third kappa shape index (κ3) is 6.19. The molecule has 0 spiro atoms. The maximum absolute atomic E-state index is 14.5. The number of hydrogen-bond acceptors (Lipinski definition) is 8. The van der Waals surface area contributed by atoms with Crippen LogP contribution >= 0.6 is 0 Å². The molecule has 244 valence electrons. The molecule has 7 rings (SSSR count). The number of anilines is 1. The lowest BCUT2D eigenvalue weighted by Gasteiger charge is -2.41. The Kier molecular flexibility index (Phi) is 9.00. The van der Waals surface area contributed by atoms with Gasteiger partial charge < -0.3 is 29.0 Å². The Hall–Kier alpha value is -4.06. The number of carbonyl (C=O) groups is 1. The van der Waals surface area contributed by atoms with Crippen molar-refractivity contribution in [1.29, 1.82) is 0 Å². The van der Waals surface area contributed by atoms with Gasteiger partial charge in [0.25, 0.3) is 0 Å². The van der Waals surface area contributed by atoms with Gasteiger partial charge in [-0.15, -0.1) is 0 Å². The van der Waals surface area contributed by atoms with Gasteiger partial charge in [-0.05, 0) is 56.9 Å². The smallest absolute Gasteiger partial charge is 0.310 e. The van der Waals surface area contributed by atoms with E-state index < -0.39 is 17.7 Å². The Morgan fingerprint density at radius 1 is 1.09 bits per heavy atom. The average molecular weight is 636 g/mol. The molecule has 5 heterocycles. The quantitative estimate of drug-likeness (QED) is 0.223. The number of methoxy groups -OCH3 is 1. The highest BCUT2D eigenvalue weighted by Crippen LogP contribution is 2.39. The number of ether oxygens (including phenoxy) is 4. The predicted octanol–water partition coefficient (Wildman–Crippen LogP) is 5.81. The van der Waals surface area contributed by atoms with Crippen molar-refractivity contribution in [3.8, 4) is 28.1 Å². The summed E-state index contributed by atoms with van der Waals surface area (Å²) < 4.78 is 53.8. The van der Waals surface area contributed by atoms with E-state index in [4.69, 9.17) is 23.9 Å². The minimum Gasteiger partial charge on any atom is -0.490 e. The summed E-state index contributed by atoms with van der Waals surface area (Å²) in [4.78, 5) is 20.0. The van der Waals surface area contributed by atoms with E-state index in [0.29, 0.717) is 54.3 Å². The van der Waals surface area contributed by atoms with Crippen molar-refractivity contribution in [1.82, 2.24) is 9.38 Å². The van der Waals surface area contributed by atoms with Crippen LogP contribution in [-0.2, 0) is 25.4 Å². The van der Waals surface area contributed by atoms with Crippen molar-refractivity contribution in [2.75, 3.05) is 51.5 Å². The number of aromatic nitrogens is 2. The summed E-state index contributed by atoms with van der Waals surface area (Å²) in [5.41, 5.74) is 4.69. The summed E-state index contributed by atoms with van der Waals surface area (Å²) in [5, 5.41) is 11.0. The van der Waals surface area contributed by atoms with E-state index in [-0.39, 0.29) is 37.0 Å². The Morgan fingerprint density at radius 2 is 1.80 bits per heavy atom. The van der Waals surface area contributed by atoms with Crippen molar-refractivity contribution in [2.45, 2.75) is 51.7 Å². The van der Waals surface area contributed by atoms with Crippen LogP contribution in [0.4, 0.5) is 14.6 Å². The van der Waals surface area contributed by atoms with Crippen LogP contribution in [0.5, 0.6) is 5.75 Å². The highest BCUT2D eigenvalue weighted by Gasteiger charge is 2.34. The molecule has 2 aromatic carbocycles. The zero-order chi connectivity index (χ0) is 32.6. The number of benzene rings is 2. The third-order valence-electron chi connectivity index (χ3n) is 9.04. The van der Waals surface area contributed by atoms with Crippen LogP contribution < -0.4 is 9.64 Å². The van der Waals surface area contributed by atoms with Gasteiger partial charge in [-0.1, -0.05) is 18.2 Å². The highest BCUT2D eigenvalue weighted by atomic mass is 19.2. The normalized spacial score (nSPS) is 17.4. The number of carbonyl (C=O) groups excluding carboxylic acids is 1. The van der Waals surface area contributed by atoms with Crippen LogP contribution in [0.3, 0.4) is 0 Å². The lowest BCUT2D eigenvalue weighted by atomic mass is 9.92. The number of rotatable bonds is 3. The number of esters is 1. The Morgan fingerprint density at radius 3 is 2.54 bits per heavy atom. The van der Waals surface area contributed by atoms with Gasteiger partial charge in [0.1, 0.15) is 23.8 Å². The summed E-state index contributed by atoms with van der Waals surface area (Å²) >= 11 is 0. The van der Waals surface area contributed by atoms with E-state index >= 15 is 0 Å². The van der Waals surface area contributed by atoms with Crippen LogP contribution in [0.2, 0.25) is 0 Å². The lowest BCUT2D eigenvalue weighted by Crippen LogP contribution is -2.45. The van der Waals surface area contributed by atoms with Crippen LogP contribution in [0.25, 0.3) is 28.0 Å². The second-order valence-electron chi connectivity index (χ2n) is 12.2. The summed E-state index contributed by atoms with van der Waals surface area (Å²) in [6.07, 6.45) is 2.55. The van der Waals surface area contributed by atoms with Gasteiger partial charge >= 0.3 is 5.97 Å². The van der Waals surface area contributed by atoms with E-state index in [9.17, 15) is 18.7 Å². The molecule has 1 unspecified atom stereocenters. The molecule has 0 saturated carbocycles. The Balaban J connectivity index is 1.56. The fraction of sp³-hybridized carbons (Fsp3) is 0.429. The second-order valence-corrected chi connectivity index (χ2v) is 12.2. The molecule has 1 N–H and O–H groups in total. The molecule has 3 aliphatic rings. The van der Waals surface area contributed by atoms with Gasteiger partial charge in [0.15, 0.2) is 11.6 Å². The Labute approximate surface area is 266 Å². The fourth-order valence-corrected chi connectivity index (χ4v) is 6.50. The number of nitrogens with zero attached hydrogens (tertiary/aromatic N) is 3. The van der Waals surface area contributed by atoms with E-state index in [1.807, 2.05) is 35.7 Å². The minimum atomic E-state index is -1.01. The molecule has 0 radical (unpaired) electrons. The van der Waals surface area contributed by atoms with Gasteiger partial charge in [0, 0.05) is 47.6 Å². The van der Waals surface area contributed by atoms with E-state index in [1.165, 1.54) is 7.11 Å². The third-order valence-corrected chi connectivity index (χ3v) is 9.04. The first-order valence-electron chi connectivity index (χ1n) is 15.6. The zero-order valence-corrected chi connectivity index (χ0v) is 26.6. The number of aliphatic hydroxyl groups excluding tert-OH is 1. The first-order chi connectivity index (χ1) is 22.1. The number of piperidine rings is 1. The van der Waals surface area contributed by atoms with Gasteiger partial charge in [0.05, 0.1) is 50.8 Å². The minimum absolute atomic E-state index is 0.0246. The number of halogens is 2. The summed E-state index contributed by atoms with van der Waals surface area (Å²) in [6.45, 7) is 8.18. The molecule has 1 saturated heterocycles. The SMILES string of the molecule is COC(=O)Cc1c(C)c(C(C)O)c2nc3cn2c1N1CCC(C)(CC1)OCCOCCOc1cc(F)c(F)cc1-c1cccc-3c1. The van der Waals surface area contributed by atoms with Crippen molar-refractivity contribution in [3.63, 3.8) is 0 Å². The number of pyridine rings is 1. The monoisotopic (exact) mass is 635 g/mol. The average Bonchev–Trinajstić information content (AvgIpc) is 3.47. The molecule has 1 fully saturated rings. The molecule has 0 aliphatic carbocycles. The molecule has 9 nitrogen and oxygen atoms in total. The lowest BCUT2D eigenvalue weighted by molar-refractivity contribution is -0.139. The zero-order valence-electron chi connectivity index (χ0n) is 26.6. The molecular formula is C35H39F2N3O6. The van der Waals surface area contributed by atoms with E-state index in [2.05, 4.69) is 11.8 Å². The van der Waals surface area contributed by atoms with Crippen LogP contribution in [0, 0.1) is 18.6 Å². The molecule has 0 amide bonds. The van der Waals surface area contributed by atoms with Crippen molar-refractivity contribution in [2.24, 2.45) is 0 Å². The second kappa shape index (κ2) is 13.0. The molecule has 3 aliphatic heterocycles. The first kappa shape index (κ1) is 31.9. The maximum atomic E-state index is 14.5. The molecule has 11 heteroatoms. The van der Waals surface area contributed by atoms with Crippen LogP contribution in [0.15, 0.2) is 42.6 Å². The highest BCUT2D eigenvalue weighted by molar-refractivity contribution is 5.80. The molecule has 4 aromatic rings. The molecular weight excluding hydrogens is 596 g/mol. The van der Waals surface area contributed by atoms with Gasteiger partial charge in [0.2, 0.25) is 0 Å². The van der Waals surface area contributed by atoms with Gasteiger partial charge in [-0.25, -0.2) is 13.8 Å².